The third kappa shape index (κ3) is 2.90. The smallest absolute Gasteiger partial charge is 0.0287 e. The van der Waals surface area contributed by atoms with E-state index in [4.69, 9.17) is 5.73 Å². The normalized spacial score (nSPS) is 32.4. The molecule has 2 N–H and O–H groups in total. The molecule has 1 saturated carbocycles. The van der Waals surface area contributed by atoms with Crippen molar-refractivity contribution in [3.05, 3.63) is 0 Å². The molecule has 0 amide bonds. The fourth-order valence-electron chi connectivity index (χ4n) is 2.05. The van der Waals surface area contributed by atoms with Gasteiger partial charge in [-0.2, -0.15) is 11.8 Å². The molecule has 0 unspecified atom stereocenters. The Morgan fingerprint density at radius 2 is 1.86 bits per heavy atom. The van der Waals surface area contributed by atoms with Crippen LogP contribution in [-0.4, -0.2) is 17.0 Å². The Bertz CT molecular complexity index is 166. The van der Waals surface area contributed by atoms with Crippen molar-refractivity contribution in [2.24, 2.45) is 23.5 Å². The zero-order valence-electron chi connectivity index (χ0n) is 10.0. The second-order valence-electron chi connectivity index (χ2n) is 5.50. The molecule has 0 heterocycles. The molecule has 1 aliphatic carbocycles. The van der Waals surface area contributed by atoms with Gasteiger partial charge in [-0.05, 0) is 36.3 Å². The maximum absolute atomic E-state index is 5.90. The summed E-state index contributed by atoms with van der Waals surface area (Å²) in [5.74, 6) is 3.83. The van der Waals surface area contributed by atoms with Gasteiger partial charge in [-0.1, -0.05) is 27.7 Å². The van der Waals surface area contributed by atoms with Gasteiger partial charge in [0.05, 0.1) is 0 Å². The van der Waals surface area contributed by atoms with Gasteiger partial charge in [0.2, 0.25) is 0 Å². The van der Waals surface area contributed by atoms with E-state index in [2.05, 4.69) is 39.5 Å². The van der Waals surface area contributed by atoms with Crippen molar-refractivity contribution >= 4 is 11.8 Å². The highest BCUT2D eigenvalue weighted by atomic mass is 32.2. The molecule has 1 nitrogen and oxygen atoms in total. The monoisotopic (exact) mass is 215 g/mol. The Morgan fingerprint density at radius 1 is 1.29 bits per heavy atom. The highest BCUT2D eigenvalue weighted by molar-refractivity contribution is 8.00. The van der Waals surface area contributed by atoms with Crippen molar-refractivity contribution in [3.8, 4) is 0 Å². The Kier molecular flexibility index (Phi) is 4.32. The van der Waals surface area contributed by atoms with Crippen LogP contribution in [0.3, 0.4) is 0 Å². The summed E-state index contributed by atoms with van der Waals surface area (Å²) >= 11 is 2.11. The Hall–Kier alpha value is 0.310. The fraction of sp³-hybridized carbons (Fsp3) is 1.00. The molecule has 1 fully saturated rings. The lowest BCUT2D eigenvalue weighted by Crippen LogP contribution is -2.49. The molecule has 0 spiro atoms. The molecule has 0 aromatic rings. The predicted molar refractivity (Wildman–Crippen MR) is 66.6 cm³/mol. The maximum atomic E-state index is 5.90. The Morgan fingerprint density at radius 3 is 2.21 bits per heavy atom. The van der Waals surface area contributed by atoms with Crippen molar-refractivity contribution in [1.82, 2.24) is 0 Å². The van der Waals surface area contributed by atoms with Gasteiger partial charge in [0.1, 0.15) is 0 Å². The van der Waals surface area contributed by atoms with Crippen LogP contribution in [0.2, 0.25) is 0 Å². The van der Waals surface area contributed by atoms with E-state index in [1.165, 1.54) is 18.6 Å². The first-order valence-electron chi connectivity index (χ1n) is 5.83. The predicted octanol–water partition coefficient (Wildman–Crippen LogP) is 3.14. The van der Waals surface area contributed by atoms with E-state index in [9.17, 15) is 0 Å². The van der Waals surface area contributed by atoms with Gasteiger partial charge in [0.25, 0.3) is 0 Å². The molecule has 0 atom stereocenters. The lowest BCUT2D eigenvalue weighted by atomic mass is 9.69. The summed E-state index contributed by atoms with van der Waals surface area (Å²) in [6.45, 7) is 10.1. The van der Waals surface area contributed by atoms with Crippen LogP contribution in [0.25, 0.3) is 0 Å². The van der Waals surface area contributed by atoms with Crippen LogP contribution in [0.1, 0.15) is 40.5 Å². The molecule has 0 aliphatic heterocycles. The van der Waals surface area contributed by atoms with E-state index in [-0.39, 0.29) is 0 Å². The van der Waals surface area contributed by atoms with E-state index in [0.29, 0.717) is 4.75 Å². The van der Waals surface area contributed by atoms with Gasteiger partial charge in [-0.25, -0.2) is 0 Å². The lowest BCUT2D eigenvalue weighted by Gasteiger charge is -2.49. The highest BCUT2D eigenvalue weighted by Gasteiger charge is 2.44. The van der Waals surface area contributed by atoms with E-state index in [1.807, 2.05) is 0 Å². The molecule has 1 rings (SSSR count). The van der Waals surface area contributed by atoms with Crippen LogP contribution in [0.4, 0.5) is 0 Å². The molecule has 0 aromatic heterocycles. The van der Waals surface area contributed by atoms with Gasteiger partial charge >= 0.3 is 0 Å². The van der Waals surface area contributed by atoms with E-state index in [0.717, 1.165) is 24.3 Å². The van der Waals surface area contributed by atoms with Crippen molar-refractivity contribution in [3.63, 3.8) is 0 Å². The third-order valence-electron chi connectivity index (χ3n) is 3.31. The average Bonchev–Trinajstić information content (AvgIpc) is 2.02. The zero-order valence-corrected chi connectivity index (χ0v) is 10.9. The van der Waals surface area contributed by atoms with Crippen molar-refractivity contribution < 1.29 is 0 Å². The van der Waals surface area contributed by atoms with Crippen LogP contribution in [0.5, 0.6) is 0 Å². The summed E-state index contributed by atoms with van der Waals surface area (Å²) in [5.41, 5.74) is 5.90. The van der Waals surface area contributed by atoms with E-state index in [1.54, 1.807) is 0 Å². The second-order valence-corrected chi connectivity index (χ2v) is 6.99. The highest BCUT2D eigenvalue weighted by Crippen LogP contribution is 2.50. The van der Waals surface area contributed by atoms with Gasteiger partial charge in [-0.15, -0.1) is 0 Å². The topological polar surface area (TPSA) is 26.0 Å². The molecule has 0 aromatic carbocycles. The van der Waals surface area contributed by atoms with Gasteiger partial charge in [0, 0.05) is 11.3 Å². The van der Waals surface area contributed by atoms with Crippen LogP contribution < -0.4 is 5.73 Å². The number of rotatable bonds is 5. The number of hydrogen-bond donors (Lipinski definition) is 1. The largest absolute Gasteiger partial charge is 0.329 e. The molecule has 84 valence electrons. The first-order valence-corrected chi connectivity index (χ1v) is 6.81. The zero-order chi connectivity index (χ0) is 10.8. The van der Waals surface area contributed by atoms with Gasteiger partial charge < -0.3 is 5.73 Å². The number of thioether (sulfide) groups is 1. The van der Waals surface area contributed by atoms with Crippen LogP contribution in [0.15, 0.2) is 0 Å². The lowest BCUT2D eigenvalue weighted by molar-refractivity contribution is 0.176. The van der Waals surface area contributed by atoms with Crippen LogP contribution in [0, 0.1) is 17.8 Å². The molecule has 0 saturated heterocycles. The average molecular weight is 215 g/mol. The summed E-state index contributed by atoms with van der Waals surface area (Å²) in [6, 6.07) is 0. The summed E-state index contributed by atoms with van der Waals surface area (Å²) < 4.78 is 0.444. The SMILES string of the molecule is CC(C)CSC1(CN)CC(C(C)C)C1. The van der Waals surface area contributed by atoms with E-state index >= 15 is 0 Å². The summed E-state index contributed by atoms with van der Waals surface area (Å²) in [5, 5.41) is 0. The fourth-order valence-corrected chi connectivity index (χ4v) is 3.52. The molecular weight excluding hydrogens is 190 g/mol. The molecular formula is C12H25NS. The maximum Gasteiger partial charge on any atom is 0.0287 e. The standard InChI is InChI=1S/C12H25NS/c1-9(2)7-14-12(8-13)5-11(6-12)10(3)4/h9-11H,5-8,13H2,1-4H3. The quantitative estimate of drug-likeness (QED) is 0.762. The summed E-state index contributed by atoms with van der Waals surface area (Å²) in [7, 11) is 0. The van der Waals surface area contributed by atoms with Crippen molar-refractivity contribution in [2.75, 3.05) is 12.3 Å². The van der Waals surface area contributed by atoms with Crippen molar-refractivity contribution in [1.29, 1.82) is 0 Å². The third-order valence-corrected chi connectivity index (χ3v) is 5.25. The minimum absolute atomic E-state index is 0.444. The second kappa shape index (κ2) is 4.89. The number of hydrogen-bond acceptors (Lipinski definition) is 2. The van der Waals surface area contributed by atoms with Gasteiger partial charge in [0.15, 0.2) is 0 Å². The van der Waals surface area contributed by atoms with Crippen molar-refractivity contribution in [2.45, 2.75) is 45.3 Å². The van der Waals surface area contributed by atoms with E-state index < -0.39 is 0 Å². The summed E-state index contributed by atoms with van der Waals surface area (Å²) in [6.07, 6.45) is 2.69. The van der Waals surface area contributed by atoms with Crippen LogP contribution in [-0.2, 0) is 0 Å². The Labute approximate surface area is 93.2 Å². The van der Waals surface area contributed by atoms with Gasteiger partial charge in [-0.3, -0.25) is 0 Å². The first kappa shape index (κ1) is 12.4. The molecule has 2 heteroatoms. The number of nitrogens with two attached hydrogens (primary N) is 1. The van der Waals surface area contributed by atoms with Crippen LogP contribution >= 0.6 is 11.8 Å². The Balaban J connectivity index is 2.33. The molecule has 14 heavy (non-hydrogen) atoms. The first-order chi connectivity index (χ1) is 6.49. The minimum atomic E-state index is 0.444. The molecule has 0 radical (unpaired) electrons. The minimum Gasteiger partial charge on any atom is -0.329 e. The molecule has 0 bridgehead atoms. The summed E-state index contributed by atoms with van der Waals surface area (Å²) in [4.78, 5) is 0. The molecule has 1 aliphatic rings.